The van der Waals surface area contributed by atoms with Crippen LogP contribution in [0.3, 0.4) is 0 Å². The van der Waals surface area contributed by atoms with Crippen molar-refractivity contribution >= 4 is 28.8 Å². The molecule has 0 fully saturated rings. The number of rotatable bonds is 5. The van der Waals surface area contributed by atoms with Crippen molar-refractivity contribution in [2.75, 3.05) is 5.32 Å². The van der Waals surface area contributed by atoms with Crippen LogP contribution in [0.5, 0.6) is 0 Å². The van der Waals surface area contributed by atoms with Crippen LogP contribution in [0.4, 0.5) is 5.69 Å². The van der Waals surface area contributed by atoms with Gasteiger partial charge in [-0.05, 0) is 36.8 Å². The second-order valence-electron chi connectivity index (χ2n) is 7.38. The lowest BCUT2D eigenvalue weighted by atomic mass is 10.2. The number of benzene rings is 2. The highest BCUT2D eigenvalue weighted by Crippen LogP contribution is 2.25. The molecule has 1 N–H and O–H groups in total. The van der Waals surface area contributed by atoms with Crippen LogP contribution in [0.2, 0.25) is 5.02 Å². The largest absolute Gasteiger partial charge is 0.350 e. The lowest BCUT2D eigenvalue weighted by molar-refractivity contribution is -0.117. The van der Waals surface area contributed by atoms with Gasteiger partial charge in [0.05, 0.1) is 16.3 Å². The SMILES string of the molecule is Cc1ccc(NC(=O)Cn2nc3c(-c4nc(-c5ccccc5)no4)cccn3c2=O)c(Cl)c1. The van der Waals surface area contributed by atoms with Gasteiger partial charge in [-0.15, -0.1) is 5.10 Å². The number of fused-ring (bicyclic) bond motifs is 1. The number of aryl methyl sites for hydroxylation is 1. The van der Waals surface area contributed by atoms with Gasteiger partial charge < -0.3 is 9.84 Å². The Labute approximate surface area is 192 Å². The van der Waals surface area contributed by atoms with E-state index in [1.807, 2.05) is 43.3 Å². The highest BCUT2D eigenvalue weighted by Gasteiger charge is 2.19. The fourth-order valence-electron chi connectivity index (χ4n) is 3.39. The lowest BCUT2D eigenvalue weighted by Crippen LogP contribution is -2.28. The summed E-state index contributed by atoms with van der Waals surface area (Å²) in [4.78, 5) is 29.8. The van der Waals surface area contributed by atoms with Gasteiger partial charge in [-0.1, -0.05) is 53.2 Å². The summed E-state index contributed by atoms with van der Waals surface area (Å²) in [6.07, 6.45) is 1.56. The van der Waals surface area contributed by atoms with Crippen LogP contribution in [-0.4, -0.2) is 30.2 Å². The average molecular weight is 461 g/mol. The van der Waals surface area contributed by atoms with E-state index in [2.05, 4.69) is 20.6 Å². The highest BCUT2D eigenvalue weighted by molar-refractivity contribution is 6.33. The highest BCUT2D eigenvalue weighted by atomic mass is 35.5. The first-order chi connectivity index (χ1) is 16.0. The summed E-state index contributed by atoms with van der Waals surface area (Å²) in [6, 6.07) is 18.1. The molecule has 0 aliphatic carbocycles. The Bertz CT molecular complexity index is 1540. The molecule has 9 nitrogen and oxygen atoms in total. The molecule has 5 rings (SSSR count). The van der Waals surface area contributed by atoms with E-state index in [4.69, 9.17) is 16.1 Å². The Hall–Kier alpha value is -4.24. The third-order valence-corrected chi connectivity index (χ3v) is 5.30. The number of carbonyl (C=O) groups excluding carboxylic acids is 1. The smallest absolute Gasteiger partial charge is 0.333 e. The molecule has 2 aromatic carbocycles. The zero-order valence-electron chi connectivity index (χ0n) is 17.4. The number of nitrogens with zero attached hydrogens (tertiary/aromatic N) is 5. The maximum Gasteiger partial charge on any atom is 0.350 e. The maximum absolute atomic E-state index is 12.8. The van der Waals surface area contributed by atoms with Crippen LogP contribution in [0.15, 0.2) is 76.2 Å². The predicted octanol–water partition coefficient (Wildman–Crippen LogP) is 3.81. The van der Waals surface area contributed by atoms with Crippen molar-refractivity contribution in [2.24, 2.45) is 0 Å². The molecule has 0 aliphatic rings. The summed E-state index contributed by atoms with van der Waals surface area (Å²) >= 11 is 6.18. The fourth-order valence-corrected chi connectivity index (χ4v) is 3.67. The Balaban J connectivity index is 1.45. The van der Waals surface area contributed by atoms with Crippen LogP contribution in [0, 0.1) is 6.92 Å². The number of anilines is 1. The average Bonchev–Trinajstić information content (AvgIpc) is 3.42. The fraction of sp³-hybridized carbons (Fsp3) is 0.0870. The second-order valence-corrected chi connectivity index (χ2v) is 7.78. The molecular weight excluding hydrogens is 444 g/mol. The number of nitrogens with one attached hydrogen (secondary N) is 1. The van der Waals surface area contributed by atoms with Gasteiger partial charge in [0, 0.05) is 11.8 Å². The number of carbonyl (C=O) groups is 1. The summed E-state index contributed by atoms with van der Waals surface area (Å²) in [6.45, 7) is 1.61. The molecule has 0 radical (unpaired) electrons. The van der Waals surface area contributed by atoms with E-state index >= 15 is 0 Å². The molecule has 10 heteroatoms. The van der Waals surface area contributed by atoms with Crippen molar-refractivity contribution in [3.63, 3.8) is 0 Å². The van der Waals surface area contributed by atoms with Crippen LogP contribution in [0.1, 0.15) is 5.56 Å². The first-order valence-electron chi connectivity index (χ1n) is 10.0. The predicted molar refractivity (Wildman–Crippen MR) is 123 cm³/mol. The monoisotopic (exact) mass is 460 g/mol. The molecule has 1 amide bonds. The molecule has 3 heterocycles. The number of hydrogen-bond donors (Lipinski definition) is 1. The van der Waals surface area contributed by atoms with Crippen molar-refractivity contribution in [3.05, 3.63) is 87.9 Å². The molecule has 0 saturated carbocycles. The van der Waals surface area contributed by atoms with Crippen LogP contribution in [0.25, 0.3) is 28.5 Å². The van der Waals surface area contributed by atoms with Crippen LogP contribution in [-0.2, 0) is 11.3 Å². The van der Waals surface area contributed by atoms with E-state index in [0.717, 1.165) is 15.8 Å². The topological polar surface area (TPSA) is 107 Å². The molecule has 0 spiro atoms. The molecule has 0 bridgehead atoms. The summed E-state index contributed by atoms with van der Waals surface area (Å²) in [5, 5.41) is 11.5. The molecule has 0 aliphatic heterocycles. The van der Waals surface area contributed by atoms with Gasteiger partial charge in [0.2, 0.25) is 11.7 Å². The molecular formula is C23H17ClN6O3. The Kier molecular flexibility index (Phi) is 5.23. The van der Waals surface area contributed by atoms with Gasteiger partial charge in [0.25, 0.3) is 5.89 Å². The van der Waals surface area contributed by atoms with Gasteiger partial charge in [-0.3, -0.25) is 4.79 Å². The van der Waals surface area contributed by atoms with E-state index < -0.39 is 11.6 Å². The maximum atomic E-state index is 12.8. The van der Waals surface area contributed by atoms with Crippen molar-refractivity contribution in [1.82, 2.24) is 24.3 Å². The van der Waals surface area contributed by atoms with Gasteiger partial charge >= 0.3 is 5.69 Å². The molecule has 0 saturated heterocycles. The van der Waals surface area contributed by atoms with Crippen LogP contribution >= 0.6 is 11.6 Å². The van der Waals surface area contributed by atoms with Gasteiger partial charge in [0.1, 0.15) is 6.54 Å². The summed E-state index contributed by atoms with van der Waals surface area (Å²) in [5.41, 5.74) is 2.54. The molecule has 0 atom stereocenters. The van der Waals surface area contributed by atoms with E-state index in [9.17, 15) is 9.59 Å². The minimum atomic E-state index is -0.472. The zero-order valence-corrected chi connectivity index (χ0v) is 18.2. The second kappa shape index (κ2) is 8.36. The van der Waals surface area contributed by atoms with Gasteiger partial charge in [-0.2, -0.15) is 4.98 Å². The lowest BCUT2D eigenvalue weighted by Gasteiger charge is -2.07. The molecule has 5 aromatic rings. The zero-order chi connectivity index (χ0) is 22.9. The third kappa shape index (κ3) is 4.01. The number of halogens is 1. The minimum absolute atomic E-state index is 0.215. The summed E-state index contributed by atoms with van der Waals surface area (Å²) < 4.78 is 7.83. The quantitative estimate of drug-likeness (QED) is 0.427. The minimum Gasteiger partial charge on any atom is -0.333 e. The van der Waals surface area contributed by atoms with E-state index in [1.54, 1.807) is 30.5 Å². The number of aromatic nitrogens is 5. The molecule has 164 valence electrons. The van der Waals surface area contributed by atoms with E-state index in [-0.39, 0.29) is 12.4 Å². The molecule has 3 aromatic heterocycles. The van der Waals surface area contributed by atoms with Crippen molar-refractivity contribution in [3.8, 4) is 22.8 Å². The third-order valence-electron chi connectivity index (χ3n) is 4.99. The summed E-state index contributed by atoms with van der Waals surface area (Å²) in [7, 11) is 0. The first kappa shape index (κ1) is 20.7. The Morgan fingerprint density at radius 1 is 1.12 bits per heavy atom. The van der Waals surface area contributed by atoms with Crippen molar-refractivity contribution in [2.45, 2.75) is 13.5 Å². The normalized spacial score (nSPS) is 11.1. The van der Waals surface area contributed by atoms with Gasteiger partial charge in [-0.25, -0.2) is 13.9 Å². The Morgan fingerprint density at radius 2 is 1.94 bits per heavy atom. The van der Waals surface area contributed by atoms with Crippen molar-refractivity contribution < 1.29 is 9.32 Å². The van der Waals surface area contributed by atoms with E-state index in [1.165, 1.54) is 4.40 Å². The number of hydrogen-bond acceptors (Lipinski definition) is 6. The number of amides is 1. The molecule has 33 heavy (non-hydrogen) atoms. The van der Waals surface area contributed by atoms with Crippen molar-refractivity contribution in [1.29, 1.82) is 0 Å². The number of pyridine rings is 1. The van der Waals surface area contributed by atoms with Gasteiger partial charge in [0.15, 0.2) is 5.65 Å². The van der Waals surface area contributed by atoms with Crippen LogP contribution < -0.4 is 11.0 Å². The van der Waals surface area contributed by atoms with E-state index in [0.29, 0.717) is 27.7 Å². The first-order valence-corrected chi connectivity index (χ1v) is 10.4. The molecule has 0 unspecified atom stereocenters. The summed E-state index contributed by atoms with van der Waals surface area (Å²) in [5.74, 6) is 0.202. The standard InChI is InChI=1S/C23H17ClN6O3/c1-14-9-10-18(17(24)12-14)25-19(31)13-30-23(32)29-11-5-8-16(21(29)27-30)22-26-20(28-33-22)15-6-3-2-4-7-15/h2-12H,13H2,1H3,(H,25,31). The Morgan fingerprint density at radius 3 is 2.73 bits per heavy atom.